The van der Waals surface area contributed by atoms with Crippen LogP contribution in [0.5, 0.6) is 0 Å². The van der Waals surface area contributed by atoms with E-state index in [4.69, 9.17) is 0 Å². The molecule has 2 heteroatoms. The zero-order valence-corrected chi connectivity index (χ0v) is 13.1. The molecule has 0 amide bonds. The summed E-state index contributed by atoms with van der Waals surface area (Å²) in [6, 6.07) is 0.522. The fraction of sp³-hybridized carbons (Fsp3) is 0.812. The Morgan fingerprint density at radius 1 is 1.28 bits per heavy atom. The molecule has 0 aromatic heterocycles. The Morgan fingerprint density at radius 2 is 1.83 bits per heavy atom. The van der Waals surface area contributed by atoms with Gasteiger partial charge >= 0.3 is 0 Å². The second-order valence-corrected chi connectivity index (χ2v) is 6.07. The van der Waals surface area contributed by atoms with E-state index in [0.29, 0.717) is 17.9 Å². The number of hydrogen-bond acceptors (Lipinski definition) is 2. The molecule has 4 atom stereocenters. The van der Waals surface area contributed by atoms with Crippen LogP contribution in [-0.4, -0.2) is 30.8 Å². The van der Waals surface area contributed by atoms with Crippen molar-refractivity contribution in [2.45, 2.75) is 53.5 Å². The first-order valence-corrected chi connectivity index (χ1v) is 7.13. The Kier molecular flexibility index (Phi) is 8.17. The molecular weight excluding hydrogens is 222 g/mol. The lowest BCUT2D eigenvalue weighted by atomic mass is 9.84. The van der Waals surface area contributed by atoms with E-state index in [9.17, 15) is 4.79 Å². The van der Waals surface area contributed by atoms with Crippen LogP contribution in [-0.2, 0) is 4.79 Å². The standard InChI is InChI=1S/C16H31NO/c1-8-14(5)16(15(6)9-12(2)3)17(7)10-13(4)11-18/h11,13-16H,2,8-10H2,1,3-7H3. The van der Waals surface area contributed by atoms with Crippen molar-refractivity contribution in [3.63, 3.8) is 0 Å². The predicted octanol–water partition coefficient (Wildman–Crippen LogP) is 3.77. The van der Waals surface area contributed by atoms with Crippen LogP contribution in [0.1, 0.15) is 47.5 Å². The zero-order valence-electron chi connectivity index (χ0n) is 13.1. The predicted molar refractivity (Wildman–Crippen MR) is 79.7 cm³/mol. The quantitative estimate of drug-likeness (QED) is 0.460. The lowest BCUT2D eigenvalue weighted by molar-refractivity contribution is -0.111. The van der Waals surface area contributed by atoms with Crippen LogP contribution >= 0.6 is 0 Å². The molecule has 106 valence electrons. The Bertz CT molecular complexity index is 262. The van der Waals surface area contributed by atoms with Crippen molar-refractivity contribution in [2.75, 3.05) is 13.6 Å². The number of rotatable bonds is 9. The molecule has 0 saturated carbocycles. The molecule has 0 bridgehead atoms. The largest absolute Gasteiger partial charge is 0.303 e. The lowest BCUT2D eigenvalue weighted by Gasteiger charge is -2.38. The molecular formula is C16H31NO. The highest BCUT2D eigenvalue weighted by atomic mass is 16.1. The summed E-state index contributed by atoms with van der Waals surface area (Å²) in [7, 11) is 2.14. The van der Waals surface area contributed by atoms with Crippen molar-refractivity contribution in [1.29, 1.82) is 0 Å². The van der Waals surface area contributed by atoms with Crippen LogP contribution in [0.25, 0.3) is 0 Å². The summed E-state index contributed by atoms with van der Waals surface area (Å²) in [5.41, 5.74) is 1.24. The van der Waals surface area contributed by atoms with Crippen LogP contribution in [0.15, 0.2) is 12.2 Å². The molecule has 2 nitrogen and oxygen atoms in total. The molecule has 0 aromatic rings. The zero-order chi connectivity index (χ0) is 14.3. The second kappa shape index (κ2) is 8.47. The third kappa shape index (κ3) is 5.81. The smallest absolute Gasteiger partial charge is 0.124 e. The van der Waals surface area contributed by atoms with Crippen molar-refractivity contribution < 1.29 is 4.79 Å². The first kappa shape index (κ1) is 17.4. The highest BCUT2D eigenvalue weighted by Crippen LogP contribution is 2.26. The van der Waals surface area contributed by atoms with Crippen molar-refractivity contribution in [3.05, 3.63) is 12.2 Å². The average molecular weight is 253 g/mol. The van der Waals surface area contributed by atoms with E-state index >= 15 is 0 Å². The van der Waals surface area contributed by atoms with E-state index in [-0.39, 0.29) is 5.92 Å². The van der Waals surface area contributed by atoms with Gasteiger partial charge in [0.25, 0.3) is 0 Å². The van der Waals surface area contributed by atoms with E-state index in [0.717, 1.165) is 19.3 Å². The number of carbonyl (C=O) groups is 1. The van der Waals surface area contributed by atoms with Crippen molar-refractivity contribution in [3.8, 4) is 0 Å². The van der Waals surface area contributed by atoms with Gasteiger partial charge in [-0.1, -0.05) is 39.7 Å². The van der Waals surface area contributed by atoms with Gasteiger partial charge in [0.15, 0.2) is 0 Å². The molecule has 4 unspecified atom stereocenters. The molecule has 0 aliphatic heterocycles. The highest BCUT2D eigenvalue weighted by Gasteiger charge is 2.27. The van der Waals surface area contributed by atoms with Crippen LogP contribution < -0.4 is 0 Å². The number of hydrogen-bond donors (Lipinski definition) is 0. The number of aldehydes is 1. The Morgan fingerprint density at radius 3 is 2.22 bits per heavy atom. The molecule has 0 fully saturated rings. The second-order valence-electron chi connectivity index (χ2n) is 6.07. The van der Waals surface area contributed by atoms with Crippen LogP contribution in [0.2, 0.25) is 0 Å². The van der Waals surface area contributed by atoms with Gasteiger partial charge < -0.3 is 9.69 Å². The molecule has 0 heterocycles. The minimum atomic E-state index is 0.110. The van der Waals surface area contributed by atoms with E-state index in [2.05, 4.69) is 46.2 Å². The topological polar surface area (TPSA) is 20.3 Å². The average Bonchev–Trinajstić information content (AvgIpc) is 2.27. The van der Waals surface area contributed by atoms with Crippen LogP contribution in [0.3, 0.4) is 0 Å². The van der Waals surface area contributed by atoms with Gasteiger partial charge in [0, 0.05) is 18.5 Å². The minimum absolute atomic E-state index is 0.110. The van der Waals surface area contributed by atoms with E-state index in [1.807, 2.05) is 6.92 Å². The van der Waals surface area contributed by atoms with Gasteiger partial charge in [-0.05, 0) is 32.2 Å². The van der Waals surface area contributed by atoms with Gasteiger partial charge in [-0.25, -0.2) is 0 Å². The molecule has 0 rings (SSSR count). The fourth-order valence-electron chi connectivity index (χ4n) is 2.96. The van der Waals surface area contributed by atoms with Gasteiger partial charge in [-0.15, -0.1) is 6.58 Å². The van der Waals surface area contributed by atoms with Crippen molar-refractivity contribution >= 4 is 6.29 Å². The molecule has 0 radical (unpaired) electrons. The van der Waals surface area contributed by atoms with Gasteiger partial charge in [0.05, 0.1) is 0 Å². The lowest BCUT2D eigenvalue weighted by Crippen LogP contribution is -2.43. The summed E-state index contributed by atoms with van der Waals surface area (Å²) in [6.45, 7) is 15.8. The number of nitrogens with zero attached hydrogens (tertiary/aromatic N) is 1. The summed E-state index contributed by atoms with van der Waals surface area (Å²) in [5.74, 6) is 1.34. The van der Waals surface area contributed by atoms with Gasteiger partial charge in [-0.3, -0.25) is 0 Å². The monoisotopic (exact) mass is 253 g/mol. The third-order valence-electron chi connectivity index (χ3n) is 3.80. The fourth-order valence-corrected chi connectivity index (χ4v) is 2.96. The first-order valence-electron chi connectivity index (χ1n) is 7.13. The Balaban J connectivity index is 4.75. The molecule has 0 aliphatic rings. The van der Waals surface area contributed by atoms with Crippen molar-refractivity contribution in [2.24, 2.45) is 17.8 Å². The molecule has 0 spiro atoms. The molecule has 0 N–H and O–H groups in total. The molecule has 0 aromatic carbocycles. The summed E-state index contributed by atoms with van der Waals surface area (Å²) in [6.07, 6.45) is 3.29. The van der Waals surface area contributed by atoms with E-state index < -0.39 is 0 Å². The SMILES string of the molecule is C=C(C)CC(C)C(C(C)CC)N(C)CC(C)C=O. The number of carbonyl (C=O) groups excluding carboxylic acids is 1. The van der Waals surface area contributed by atoms with Crippen LogP contribution in [0.4, 0.5) is 0 Å². The Hall–Kier alpha value is -0.630. The normalized spacial score (nSPS) is 18.2. The van der Waals surface area contributed by atoms with E-state index in [1.165, 1.54) is 12.0 Å². The third-order valence-corrected chi connectivity index (χ3v) is 3.80. The maximum atomic E-state index is 10.8. The molecule has 0 saturated heterocycles. The maximum Gasteiger partial charge on any atom is 0.124 e. The first-order chi connectivity index (χ1) is 8.33. The maximum absolute atomic E-state index is 10.8. The summed E-state index contributed by atoms with van der Waals surface area (Å²) in [5, 5.41) is 0. The highest BCUT2D eigenvalue weighted by molar-refractivity contribution is 5.53. The summed E-state index contributed by atoms with van der Waals surface area (Å²) < 4.78 is 0. The minimum Gasteiger partial charge on any atom is -0.303 e. The molecule has 18 heavy (non-hydrogen) atoms. The van der Waals surface area contributed by atoms with E-state index in [1.54, 1.807) is 0 Å². The number of allylic oxidation sites excluding steroid dienone is 1. The summed E-state index contributed by atoms with van der Waals surface area (Å²) >= 11 is 0. The van der Waals surface area contributed by atoms with Gasteiger partial charge in [0.2, 0.25) is 0 Å². The van der Waals surface area contributed by atoms with Crippen LogP contribution in [0, 0.1) is 17.8 Å². The molecule has 0 aliphatic carbocycles. The van der Waals surface area contributed by atoms with Crippen molar-refractivity contribution in [1.82, 2.24) is 4.90 Å². The Labute approximate surface area is 113 Å². The van der Waals surface area contributed by atoms with Gasteiger partial charge in [0.1, 0.15) is 6.29 Å². The summed E-state index contributed by atoms with van der Waals surface area (Å²) in [4.78, 5) is 13.2. The van der Waals surface area contributed by atoms with Gasteiger partial charge in [-0.2, -0.15) is 0 Å².